The molecule has 19 heavy (non-hydrogen) atoms. The standard InChI is InChI=1S/C12H20N4O3/c1-4-13-11-6-5-10(15-16-11)12(17)14-7-9(19-3)8-18-2/h5-6,9H,4,7-8H2,1-3H3,(H,13,16)(H,14,17). The van der Waals surface area contributed by atoms with Gasteiger partial charge in [-0.05, 0) is 19.1 Å². The second-order valence-corrected chi connectivity index (χ2v) is 3.86. The number of carbonyl (C=O) groups is 1. The van der Waals surface area contributed by atoms with Gasteiger partial charge in [-0.3, -0.25) is 4.79 Å². The fourth-order valence-electron chi connectivity index (χ4n) is 1.42. The van der Waals surface area contributed by atoms with Crippen molar-refractivity contribution in [3.63, 3.8) is 0 Å². The molecule has 1 aromatic rings. The molecule has 1 aromatic heterocycles. The highest BCUT2D eigenvalue weighted by Gasteiger charge is 2.12. The molecular weight excluding hydrogens is 248 g/mol. The minimum atomic E-state index is -0.284. The highest BCUT2D eigenvalue weighted by molar-refractivity contribution is 5.92. The third-order valence-corrected chi connectivity index (χ3v) is 2.43. The molecule has 0 saturated carbocycles. The zero-order chi connectivity index (χ0) is 14.1. The first kappa shape index (κ1) is 15.3. The molecule has 1 atom stereocenters. The molecule has 0 spiro atoms. The van der Waals surface area contributed by atoms with E-state index < -0.39 is 0 Å². The third kappa shape index (κ3) is 5.19. The molecule has 0 radical (unpaired) electrons. The molecule has 1 heterocycles. The van der Waals surface area contributed by atoms with Crippen LogP contribution < -0.4 is 10.6 Å². The van der Waals surface area contributed by atoms with E-state index in [1.807, 2.05) is 6.92 Å². The Bertz CT molecular complexity index is 383. The maximum atomic E-state index is 11.8. The van der Waals surface area contributed by atoms with E-state index >= 15 is 0 Å². The van der Waals surface area contributed by atoms with Gasteiger partial charge in [-0.1, -0.05) is 0 Å². The second kappa shape index (κ2) is 8.39. The van der Waals surface area contributed by atoms with Crippen LogP contribution >= 0.6 is 0 Å². The minimum Gasteiger partial charge on any atom is -0.382 e. The highest BCUT2D eigenvalue weighted by atomic mass is 16.5. The van der Waals surface area contributed by atoms with Crippen LogP contribution in [0.15, 0.2) is 12.1 Å². The summed E-state index contributed by atoms with van der Waals surface area (Å²) < 4.78 is 10.1. The molecule has 0 aliphatic heterocycles. The number of rotatable bonds is 8. The van der Waals surface area contributed by atoms with Crippen LogP contribution in [0, 0.1) is 0 Å². The zero-order valence-electron chi connectivity index (χ0n) is 11.5. The monoisotopic (exact) mass is 268 g/mol. The molecule has 0 saturated heterocycles. The summed E-state index contributed by atoms with van der Waals surface area (Å²) in [6, 6.07) is 3.34. The first-order valence-corrected chi connectivity index (χ1v) is 6.08. The van der Waals surface area contributed by atoms with Crippen LogP contribution in [-0.2, 0) is 9.47 Å². The van der Waals surface area contributed by atoms with Crippen LogP contribution in [0.4, 0.5) is 5.82 Å². The van der Waals surface area contributed by atoms with Crippen LogP contribution in [0.5, 0.6) is 0 Å². The molecule has 0 aliphatic carbocycles. The fourth-order valence-corrected chi connectivity index (χ4v) is 1.42. The second-order valence-electron chi connectivity index (χ2n) is 3.86. The van der Waals surface area contributed by atoms with E-state index in [0.717, 1.165) is 6.54 Å². The van der Waals surface area contributed by atoms with Gasteiger partial charge in [0, 0.05) is 27.3 Å². The number of amides is 1. The Morgan fingerprint density at radius 2 is 2.16 bits per heavy atom. The maximum absolute atomic E-state index is 11.8. The normalized spacial score (nSPS) is 11.9. The Hall–Kier alpha value is -1.73. The van der Waals surface area contributed by atoms with Gasteiger partial charge in [0.05, 0.1) is 12.7 Å². The van der Waals surface area contributed by atoms with Crippen molar-refractivity contribution in [1.29, 1.82) is 0 Å². The van der Waals surface area contributed by atoms with Crippen molar-refractivity contribution in [2.75, 3.05) is 39.2 Å². The Labute approximate surface area is 112 Å². The minimum absolute atomic E-state index is 0.178. The quantitative estimate of drug-likeness (QED) is 0.705. The summed E-state index contributed by atoms with van der Waals surface area (Å²) in [4.78, 5) is 11.8. The maximum Gasteiger partial charge on any atom is 0.271 e. The van der Waals surface area contributed by atoms with Gasteiger partial charge >= 0.3 is 0 Å². The molecule has 2 N–H and O–H groups in total. The average Bonchev–Trinajstić information content (AvgIpc) is 2.44. The summed E-state index contributed by atoms with van der Waals surface area (Å²) in [7, 11) is 3.15. The average molecular weight is 268 g/mol. The Morgan fingerprint density at radius 3 is 2.68 bits per heavy atom. The van der Waals surface area contributed by atoms with Crippen molar-refractivity contribution < 1.29 is 14.3 Å². The predicted octanol–water partition coefficient (Wildman–Crippen LogP) is 0.300. The lowest BCUT2D eigenvalue weighted by Crippen LogP contribution is -2.36. The van der Waals surface area contributed by atoms with Gasteiger partial charge in [0.25, 0.3) is 5.91 Å². The number of nitrogens with one attached hydrogen (secondary N) is 2. The molecule has 1 rings (SSSR count). The van der Waals surface area contributed by atoms with Crippen molar-refractivity contribution in [2.24, 2.45) is 0 Å². The number of methoxy groups -OCH3 is 2. The highest BCUT2D eigenvalue weighted by Crippen LogP contribution is 2.01. The molecular formula is C12H20N4O3. The van der Waals surface area contributed by atoms with Crippen molar-refractivity contribution in [1.82, 2.24) is 15.5 Å². The van der Waals surface area contributed by atoms with Gasteiger partial charge in [-0.2, -0.15) is 0 Å². The summed E-state index contributed by atoms with van der Waals surface area (Å²) in [6.07, 6.45) is -0.178. The summed E-state index contributed by atoms with van der Waals surface area (Å²) in [5.74, 6) is 0.363. The summed E-state index contributed by atoms with van der Waals surface area (Å²) >= 11 is 0. The predicted molar refractivity (Wildman–Crippen MR) is 71.2 cm³/mol. The molecule has 7 heteroatoms. The number of ether oxygens (including phenoxy) is 2. The summed E-state index contributed by atoms with van der Waals surface area (Å²) in [5.41, 5.74) is 0.272. The number of anilines is 1. The Kier molecular flexibility index (Phi) is 6.76. The number of carbonyl (C=O) groups excluding carboxylic acids is 1. The van der Waals surface area contributed by atoms with Gasteiger partial charge in [-0.15, -0.1) is 10.2 Å². The SMILES string of the molecule is CCNc1ccc(C(=O)NCC(COC)OC)nn1. The van der Waals surface area contributed by atoms with E-state index in [0.29, 0.717) is 19.0 Å². The van der Waals surface area contributed by atoms with Gasteiger partial charge in [-0.25, -0.2) is 0 Å². The molecule has 0 bridgehead atoms. The van der Waals surface area contributed by atoms with E-state index in [1.165, 1.54) is 0 Å². The lowest BCUT2D eigenvalue weighted by atomic mass is 10.3. The molecule has 1 unspecified atom stereocenters. The Morgan fingerprint density at radius 1 is 1.37 bits per heavy atom. The topological polar surface area (TPSA) is 85.4 Å². The van der Waals surface area contributed by atoms with Crippen LogP contribution in [-0.4, -0.2) is 56.1 Å². The van der Waals surface area contributed by atoms with Crippen molar-refractivity contribution in [2.45, 2.75) is 13.0 Å². The lowest BCUT2D eigenvalue weighted by molar-refractivity contribution is 0.0285. The summed E-state index contributed by atoms with van der Waals surface area (Å²) in [5, 5.41) is 13.5. The largest absolute Gasteiger partial charge is 0.382 e. The van der Waals surface area contributed by atoms with Gasteiger partial charge in [0.1, 0.15) is 5.82 Å². The van der Waals surface area contributed by atoms with Gasteiger partial charge in [0.2, 0.25) is 0 Å². The molecule has 0 aliphatic rings. The first-order chi connectivity index (χ1) is 9.21. The Balaban J connectivity index is 2.48. The third-order valence-electron chi connectivity index (χ3n) is 2.43. The number of hydrogen-bond donors (Lipinski definition) is 2. The first-order valence-electron chi connectivity index (χ1n) is 6.08. The van der Waals surface area contributed by atoms with Crippen molar-refractivity contribution in [3.05, 3.63) is 17.8 Å². The smallest absolute Gasteiger partial charge is 0.271 e. The van der Waals surface area contributed by atoms with E-state index in [9.17, 15) is 4.79 Å². The molecule has 0 aromatic carbocycles. The zero-order valence-corrected chi connectivity index (χ0v) is 11.5. The fraction of sp³-hybridized carbons (Fsp3) is 0.583. The van der Waals surface area contributed by atoms with E-state index in [2.05, 4.69) is 20.8 Å². The number of aromatic nitrogens is 2. The van der Waals surface area contributed by atoms with Gasteiger partial charge in [0.15, 0.2) is 5.69 Å². The van der Waals surface area contributed by atoms with E-state index in [1.54, 1.807) is 26.4 Å². The van der Waals surface area contributed by atoms with E-state index in [4.69, 9.17) is 9.47 Å². The number of nitrogens with zero attached hydrogens (tertiary/aromatic N) is 2. The van der Waals surface area contributed by atoms with Crippen LogP contribution in [0.2, 0.25) is 0 Å². The molecule has 7 nitrogen and oxygen atoms in total. The molecule has 1 amide bonds. The van der Waals surface area contributed by atoms with Crippen LogP contribution in [0.1, 0.15) is 17.4 Å². The summed E-state index contributed by atoms with van der Waals surface area (Å²) in [6.45, 7) is 3.50. The van der Waals surface area contributed by atoms with Crippen molar-refractivity contribution in [3.8, 4) is 0 Å². The van der Waals surface area contributed by atoms with Crippen LogP contribution in [0.3, 0.4) is 0 Å². The van der Waals surface area contributed by atoms with Crippen LogP contribution in [0.25, 0.3) is 0 Å². The van der Waals surface area contributed by atoms with Crippen molar-refractivity contribution >= 4 is 11.7 Å². The van der Waals surface area contributed by atoms with Gasteiger partial charge < -0.3 is 20.1 Å². The molecule has 106 valence electrons. The lowest BCUT2D eigenvalue weighted by Gasteiger charge is -2.14. The molecule has 0 fully saturated rings. The van der Waals surface area contributed by atoms with E-state index in [-0.39, 0.29) is 17.7 Å². The number of hydrogen-bond acceptors (Lipinski definition) is 6.